The van der Waals surface area contributed by atoms with Crippen LogP contribution in [0.4, 0.5) is 0 Å². The first-order valence-electron chi connectivity index (χ1n) is 5.80. The standard InChI is InChI=1S/C12H21NO2/c1-2-9-13-11(6-3-4-10-14)7-5-8-12(13)15/h2,11,14H,1,3-10H2. The molecule has 15 heavy (non-hydrogen) atoms. The zero-order valence-electron chi connectivity index (χ0n) is 9.32. The predicted octanol–water partition coefficient (Wildman–Crippen LogP) is 1.72. The van der Waals surface area contributed by atoms with E-state index in [0.717, 1.165) is 32.1 Å². The highest BCUT2D eigenvalue weighted by atomic mass is 16.2. The quantitative estimate of drug-likeness (QED) is 0.537. The summed E-state index contributed by atoms with van der Waals surface area (Å²) >= 11 is 0. The molecule has 1 rings (SSSR count). The minimum atomic E-state index is 0.252. The van der Waals surface area contributed by atoms with Crippen LogP contribution in [-0.2, 0) is 4.79 Å². The zero-order chi connectivity index (χ0) is 11.1. The molecule has 1 amide bonds. The minimum absolute atomic E-state index is 0.252. The Kier molecular flexibility index (Phi) is 5.40. The van der Waals surface area contributed by atoms with Crippen LogP contribution in [0.15, 0.2) is 12.7 Å². The van der Waals surface area contributed by atoms with Gasteiger partial charge in [-0.2, -0.15) is 0 Å². The molecule has 0 aromatic rings. The second-order valence-electron chi connectivity index (χ2n) is 4.10. The molecule has 1 atom stereocenters. The van der Waals surface area contributed by atoms with Crippen LogP contribution < -0.4 is 0 Å². The minimum Gasteiger partial charge on any atom is -0.396 e. The number of carbonyl (C=O) groups is 1. The van der Waals surface area contributed by atoms with Crippen LogP contribution in [-0.4, -0.2) is 35.1 Å². The summed E-state index contributed by atoms with van der Waals surface area (Å²) in [6, 6.07) is 0.371. The van der Waals surface area contributed by atoms with Crippen molar-refractivity contribution in [3.05, 3.63) is 12.7 Å². The largest absolute Gasteiger partial charge is 0.396 e. The lowest BCUT2D eigenvalue weighted by Crippen LogP contribution is -2.43. The molecular formula is C12H21NO2. The number of hydrogen-bond donors (Lipinski definition) is 1. The highest BCUT2D eigenvalue weighted by Gasteiger charge is 2.26. The van der Waals surface area contributed by atoms with E-state index in [0.29, 0.717) is 19.0 Å². The van der Waals surface area contributed by atoms with Crippen LogP contribution in [0.2, 0.25) is 0 Å². The molecule has 86 valence electrons. The molecule has 1 heterocycles. The van der Waals surface area contributed by atoms with Gasteiger partial charge in [0.1, 0.15) is 0 Å². The van der Waals surface area contributed by atoms with Gasteiger partial charge in [0.05, 0.1) is 0 Å². The maximum Gasteiger partial charge on any atom is 0.223 e. The molecule has 1 N–H and O–H groups in total. The average Bonchev–Trinajstić information content (AvgIpc) is 2.23. The van der Waals surface area contributed by atoms with E-state index in [1.165, 1.54) is 0 Å². The van der Waals surface area contributed by atoms with E-state index in [-0.39, 0.29) is 12.5 Å². The molecule has 0 aromatic carbocycles. The second-order valence-corrected chi connectivity index (χ2v) is 4.10. The van der Waals surface area contributed by atoms with Crippen LogP contribution >= 0.6 is 0 Å². The van der Waals surface area contributed by atoms with Gasteiger partial charge in [0.25, 0.3) is 0 Å². The molecule has 0 aromatic heterocycles. The summed E-state index contributed by atoms with van der Waals surface area (Å²) < 4.78 is 0. The van der Waals surface area contributed by atoms with E-state index < -0.39 is 0 Å². The topological polar surface area (TPSA) is 40.5 Å². The Morgan fingerprint density at radius 2 is 2.33 bits per heavy atom. The summed E-state index contributed by atoms with van der Waals surface area (Å²) in [5.41, 5.74) is 0. The molecule has 0 saturated carbocycles. The third-order valence-electron chi connectivity index (χ3n) is 2.96. The van der Waals surface area contributed by atoms with E-state index in [4.69, 9.17) is 5.11 Å². The Hall–Kier alpha value is -0.830. The van der Waals surface area contributed by atoms with Crippen molar-refractivity contribution in [2.75, 3.05) is 13.2 Å². The monoisotopic (exact) mass is 211 g/mol. The van der Waals surface area contributed by atoms with Gasteiger partial charge in [0, 0.05) is 25.6 Å². The number of hydrogen-bond acceptors (Lipinski definition) is 2. The smallest absolute Gasteiger partial charge is 0.223 e. The van der Waals surface area contributed by atoms with E-state index in [9.17, 15) is 4.79 Å². The third-order valence-corrected chi connectivity index (χ3v) is 2.96. The first kappa shape index (κ1) is 12.2. The van der Waals surface area contributed by atoms with Crippen molar-refractivity contribution in [3.8, 4) is 0 Å². The van der Waals surface area contributed by atoms with Gasteiger partial charge in [0.2, 0.25) is 5.91 Å². The molecule has 0 spiro atoms. The summed E-state index contributed by atoms with van der Waals surface area (Å²) in [7, 11) is 0. The lowest BCUT2D eigenvalue weighted by Gasteiger charge is -2.35. The van der Waals surface area contributed by atoms with E-state index in [1.807, 2.05) is 4.90 Å². The molecule has 0 aliphatic carbocycles. The number of nitrogens with zero attached hydrogens (tertiary/aromatic N) is 1. The van der Waals surface area contributed by atoms with Gasteiger partial charge >= 0.3 is 0 Å². The predicted molar refractivity (Wildman–Crippen MR) is 60.5 cm³/mol. The van der Waals surface area contributed by atoms with Crippen LogP contribution in [0.25, 0.3) is 0 Å². The van der Waals surface area contributed by atoms with Gasteiger partial charge in [0.15, 0.2) is 0 Å². The van der Waals surface area contributed by atoms with Crippen LogP contribution in [0, 0.1) is 0 Å². The van der Waals surface area contributed by atoms with Crippen molar-refractivity contribution >= 4 is 5.91 Å². The summed E-state index contributed by atoms with van der Waals surface area (Å²) in [6.45, 7) is 4.61. The Balaban J connectivity index is 2.43. The molecule has 1 aliphatic heterocycles. The Bertz CT molecular complexity index is 216. The van der Waals surface area contributed by atoms with Gasteiger partial charge in [-0.1, -0.05) is 6.08 Å². The molecular weight excluding hydrogens is 190 g/mol. The number of carbonyl (C=O) groups excluding carboxylic acids is 1. The van der Waals surface area contributed by atoms with E-state index in [1.54, 1.807) is 6.08 Å². The fourth-order valence-corrected chi connectivity index (χ4v) is 2.17. The molecule has 1 aliphatic rings. The lowest BCUT2D eigenvalue weighted by molar-refractivity contribution is -0.135. The molecule has 3 nitrogen and oxygen atoms in total. The SMILES string of the molecule is C=CCN1C(=O)CCCC1CCCCO. The molecule has 0 radical (unpaired) electrons. The molecule has 1 fully saturated rings. The maximum absolute atomic E-state index is 11.7. The Labute approximate surface area is 91.8 Å². The van der Waals surface area contributed by atoms with Crippen LogP contribution in [0.1, 0.15) is 38.5 Å². The summed E-state index contributed by atoms with van der Waals surface area (Å²) in [6.07, 6.45) is 7.45. The normalized spacial score (nSPS) is 21.8. The highest BCUT2D eigenvalue weighted by molar-refractivity contribution is 5.77. The number of amides is 1. The Morgan fingerprint density at radius 1 is 1.53 bits per heavy atom. The van der Waals surface area contributed by atoms with Gasteiger partial charge in [-0.3, -0.25) is 4.79 Å². The average molecular weight is 211 g/mol. The number of piperidine rings is 1. The van der Waals surface area contributed by atoms with E-state index >= 15 is 0 Å². The van der Waals surface area contributed by atoms with Gasteiger partial charge in [-0.25, -0.2) is 0 Å². The van der Waals surface area contributed by atoms with Crippen molar-refractivity contribution in [1.82, 2.24) is 4.90 Å². The summed E-state index contributed by atoms with van der Waals surface area (Å²) in [5, 5.41) is 8.72. The maximum atomic E-state index is 11.7. The fourth-order valence-electron chi connectivity index (χ4n) is 2.17. The number of aliphatic hydroxyl groups excluding tert-OH is 1. The molecule has 0 bridgehead atoms. The Morgan fingerprint density at radius 3 is 3.00 bits per heavy atom. The third kappa shape index (κ3) is 3.67. The van der Waals surface area contributed by atoms with Crippen molar-refractivity contribution in [3.63, 3.8) is 0 Å². The fraction of sp³-hybridized carbons (Fsp3) is 0.750. The summed E-state index contributed by atoms with van der Waals surface area (Å²) in [5.74, 6) is 0.259. The van der Waals surface area contributed by atoms with Crippen molar-refractivity contribution in [2.24, 2.45) is 0 Å². The highest BCUT2D eigenvalue weighted by Crippen LogP contribution is 2.22. The van der Waals surface area contributed by atoms with Crippen LogP contribution in [0.3, 0.4) is 0 Å². The van der Waals surface area contributed by atoms with Crippen molar-refractivity contribution in [1.29, 1.82) is 0 Å². The zero-order valence-corrected chi connectivity index (χ0v) is 9.32. The summed E-state index contributed by atoms with van der Waals surface area (Å²) in [4.78, 5) is 13.6. The first-order valence-corrected chi connectivity index (χ1v) is 5.80. The van der Waals surface area contributed by atoms with Gasteiger partial charge in [-0.05, 0) is 32.1 Å². The number of rotatable bonds is 6. The molecule has 1 unspecified atom stereocenters. The first-order chi connectivity index (χ1) is 7.29. The lowest BCUT2D eigenvalue weighted by atomic mass is 9.97. The van der Waals surface area contributed by atoms with Gasteiger partial charge < -0.3 is 10.0 Å². The van der Waals surface area contributed by atoms with Crippen molar-refractivity contribution in [2.45, 2.75) is 44.6 Å². The van der Waals surface area contributed by atoms with Crippen LogP contribution in [0.5, 0.6) is 0 Å². The molecule has 1 saturated heterocycles. The molecule has 3 heteroatoms. The van der Waals surface area contributed by atoms with Crippen molar-refractivity contribution < 1.29 is 9.90 Å². The van der Waals surface area contributed by atoms with E-state index in [2.05, 4.69) is 6.58 Å². The number of likely N-dealkylation sites (tertiary alicyclic amines) is 1. The number of aliphatic hydroxyl groups is 1. The van der Waals surface area contributed by atoms with Gasteiger partial charge in [-0.15, -0.1) is 6.58 Å². The number of unbranched alkanes of at least 4 members (excludes halogenated alkanes) is 1. The second kappa shape index (κ2) is 6.62.